The molecule has 9 heteroatoms. The summed E-state index contributed by atoms with van der Waals surface area (Å²) in [4.78, 5) is 10.8. The minimum atomic E-state index is -0.200. The molecule has 1 saturated carbocycles. The van der Waals surface area contributed by atoms with Crippen LogP contribution in [-0.4, -0.2) is 47.3 Å². The van der Waals surface area contributed by atoms with Crippen molar-refractivity contribution in [3.05, 3.63) is 46.3 Å². The first-order valence-corrected chi connectivity index (χ1v) is 10.7. The molecule has 1 aliphatic rings. The fourth-order valence-corrected chi connectivity index (χ4v) is 4.12. The van der Waals surface area contributed by atoms with Crippen LogP contribution in [0.4, 0.5) is 17.5 Å². The van der Waals surface area contributed by atoms with E-state index in [0.717, 1.165) is 30.9 Å². The summed E-state index contributed by atoms with van der Waals surface area (Å²) < 4.78 is 0. The van der Waals surface area contributed by atoms with Crippen LogP contribution in [0.5, 0.6) is 0 Å². The van der Waals surface area contributed by atoms with E-state index >= 15 is 0 Å². The molecule has 2 aromatic rings. The lowest BCUT2D eigenvalue weighted by Crippen LogP contribution is -2.28. The van der Waals surface area contributed by atoms with Gasteiger partial charge in [-0.2, -0.15) is 4.98 Å². The van der Waals surface area contributed by atoms with Crippen LogP contribution in [0.3, 0.4) is 0 Å². The summed E-state index contributed by atoms with van der Waals surface area (Å²) in [7, 11) is 4.23. The number of halogens is 1. The largest absolute Gasteiger partial charge is 0.733 e. The van der Waals surface area contributed by atoms with Crippen LogP contribution in [-0.2, 0) is 6.54 Å². The van der Waals surface area contributed by atoms with Gasteiger partial charge in [0.05, 0.1) is 6.20 Å². The molecule has 3 N–H and O–H groups in total. The molecule has 0 bridgehead atoms. The second kappa shape index (κ2) is 10.8. The number of aromatic nitrogens is 2. The van der Waals surface area contributed by atoms with Gasteiger partial charge in [0.1, 0.15) is 5.69 Å². The van der Waals surface area contributed by atoms with Gasteiger partial charge in [-0.1, -0.05) is 29.8 Å². The smallest absolute Gasteiger partial charge is 0.225 e. The molecular weight excluding hydrogens is 404 g/mol. The average Bonchev–Trinajstić information content (AvgIpc) is 2.72. The Balaban J connectivity index is 1.59. The van der Waals surface area contributed by atoms with E-state index in [0.29, 0.717) is 35.8 Å². The maximum Gasteiger partial charge on any atom is 0.225 e. The zero-order valence-corrected chi connectivity index (χ0v) is 18.3. The third-order valence-electron chi connectivity index (χ3n) is 5.52. The van der Waals surface area contributed by atoms with Gasteiger partial charge in [0, 0.05) is 24.7 Å². The Hall–Kier alpha value is -2.13. The highest BCUT2D eigenvalue weighted by atomic mass is 35.5. The quantitative estimate of drug-likeness (QED) is 0.505. The molecule has 0 spiro atoms. The molecule has 0 radical (unpaired) electrons. The van der Waals surface area contributed by atoms with Crippen LogP contribution in [0, 0.1) is 17.0 Å². The Bertz CT molecular complexity index is 812. The van der Waals surface area contributed by atoms with Crippen molar-refractivity contribution < 1.29 is 5.21 Å². The number of hydrogen-bond acceptors (Lipinski definition) is 8. The first-order valence-electron chi connectivity index (χ1n) is 10.3. The molecule has 1 heterocycles. The molecule has 0 amide bonds. The second-order valence-corrected chi connectivity index (χ2v) is 8.58. The molecule has 8 nitrogen and oxygen atoms in total. The maximum atomic E-state index is 11.5. The van der Waals surface area contributed by atoms with Crippen LogP contribution in [0.15, 0.2) is 30.5 Å². The van der Waals surface area contributed by atoms with E-state index in [1.807, 2.05) is 24.3 Å². The van der Waals surface area contributed by atoms with Crippen molar-refractivity contribution in [1.82, 2.24) is 14.9 Å². The summed E-state index contributed by atoms with van der Waals surface area (Å²) >= 11 is 6.19. The van der Waals surface area contributed by atoms with Gasteiger partial charge >= 0.3 is 0 Å². The minimum absolute atomic E-state index is 0.000382. The van der Waals surface area contributed by atoms with Gasteiger partial charge < -0.3 is 26.0 Å². The summed E-state index contributed by atoms with van der Waals surface area (Å²) in [5, 5.41) is 27.7. The normalized spacial score (nSPS) is 19.0. The highest BCUT2D eigenvalue weighted by Gasteiger charge is 2.22. The van der Waals surface area contributed by atoms with Crippen LogP contribution in [0.2, 0.25) is 5.02 Å². The zero-order chi connectivity index (χ0) is 21.5. The Morgan fingerprint density at radius 1 is 1.13 bits per heavy atom. The zero-order valence-electron chi connectivity index (χ0n) is 17.5. The Kier molecular flexibility index (Phi) is 8.09. The van der Waals surface area contributed by atoms with Crippen LogP contribution in [0.1, 0.15) is 31.2 Å². The van der Waals surface area contributed by atoms with Crippen molar-refractivity contribution in [2.75, 3.05) is 43.0 Å². The molecule has 164 valence electrons. The predicted octanol–water partition coefficient (Wildman–Crippen LogP) is 4.22. The third-order valence-corrected chi connectivity index (χ3v) is 5.89. The molecule has 1 aromatic heterocycles. The van der Waals surface area contributed by atoms with Gasteiger partial charge in [0.25, 0.3) is 0 Å². The molecule has 0 atom stereocenters. The summed E-state index contributed by atoms with van der Waals surface area (Å²) in [6.45, 7) is 2.29. The number of nitrogens with one attached hydrogen (secondary N) is 2. The lowest BCUT2D eigenvalue weighted by molar-refractivity contribution is 0.228. The van der Waals surface area contributed by atoms with Gasteiger partial charge in [-0.3, -0.25) is 5.21 Å². The van der Waals surface area contributed by atoms with E-state index in [2.05, 4.69) is 39.6 Å². The molecule has 0 aliphatic heterocycles. The van der Waals surface area contributed by atoms with E-state index in [9.17, 15) is 10.4 Å². The van der Waals surface area contributed by atoms with Crippen LogP contribution in [0.25, 0.3) is 0 Å². The highest BCUT2D eigenvalue weighted by Crippen LogP contribution is 2.30. The second-order valence-electron chi connectivity index (χ2n) is 8.18. The fraction of sp³-hybridized carbons (Fsp3) is 0.524. The Labute approximate surface area is 182 Å². The van der Waals surface area contributed by atoms with Crippen molar-refractivity contribution in [2.45, 2.75) is 32.2 Å². The predicted molar refractivity (Wildman–Crippen MR) is 121 cm³/mol. The van der Waals surface area contributed by atoms with Crippen molar-refractivity contribution in [3.8, 4) is 0 Å². The molecule has 0 unspecified atom stereocenters. The monoisotopic (exact) mass is 433 g/mol. The first kappa shape index (κ1) is 22.6. The van der Waals surface area contributed by atoms with Crippen molar-refractivity contribution in [3.63, 3.8) is 0 Å². The van der Waals surface area contributed by atoms with Gasteiger partial charge in [-0.05, 0) is 63.2 Å². The Morgan fingerprint density at radius 3 is 2.50 bits per heavy atom. The van der Waals surface area contributed by atoms with Crippen LogP contribution >= 0.6 is 11.6 Å². The van der Waals surface area contributed by atoms with Gasteiger partial charge in [0.15, 0.2) is 5.82 Å². The summed E-state index contributed by atoms with van der Waals surface area (Å²) in [6, 6.07) is 7.53. The van der Waals surface area contributed by atoms with E-state index in [4.69, 9.17) is 11.6 Å². The lowest BCUT2D eigenvalue weighted by atomic mass is 9.82. The van der Waals surface area contributed by atoms with Gasteiger partial charge in [0.2, 0.25) is 5.95 Å². The minimum Gasteiger partial charge on any atom is -0.733 e. The molecule has 0 saturated heterocycles. The maximum absolute atomic E-state index is 11.5. The summed E-state index contributed by atoms with van der Waals surface area (Å²) in [5.41, 5.74) is 0.919. The number of hydrogen-bond donors (Lipinski definition) is 3. The highest BCUT2D eigenvalue weighted by molar-refractivity contribution is 6.31. The summed E-state index contributed by atoms with van der Waals surface area (Å²) in [5.74, 6) is 1.95. The number of rotatable bonds is 9. The number of benzene rings is 1. The molecule has 1 aliphatic carbocycles. The van der Waals surface area contributed by atoms with Gasteiger partial charge in [-0.25, -0.2) is 4.98 Å². The standard InChI is InChI=1S/C21H30ClN6O2/c1-27(2)14-16-9-7-15(8-10-16)11-23-20-19(28(29)30)13-25-21(26-20)24-12-17-5-3-4-6-18(17)22/h3-6,13,15-16,29H,7-12,14H2,1-2H3,(H2,23,24,25,26)/q-1. The fourth-order valence-electron chi connectivity index (χ4n) is 3.92. The van der Waals surface area contributed by atoms with Gasteiger partial charge in [-0.15, -0.1) is 0 Å². The van der Waals surface area contributed by atoms with Crippen molar-refractivity contribution >= 4 is 29.1 Å². The topological polar surface area (TPSA) is 99.6 Å². The lowest BCUT2D eigenvalue weighted by Gasteiger charge is -2.31. The molecule has 1 fully saturated rings. The number of anilines is 3. The molecule has 30 heavy (non-hydrogen) atoms. The van der Waals surface area contributed by atoms with E-state index in [1.165, 1.54) is 19.0 Å². The van der Waals surface area contributed by atoms with Crippen LogP contribution < -0.4 is 15.9 Å². The summed E-state index contributed by atoms with van der Waals surface area (Å²) in [6.07, 6.45) is 6.01. The van der Waals surface area contributed by atoms with E-state index < -0.39 is 0 Å². The Morgan fingerprint density at radius 2 is 1.83 bits per heavy atom. The van der Waals surface area contributed by atoms with E-state index in [1.54, 1.807) is 0 Å². The van der Waals surface area contributed by atoms with Crippen molar-refractivity contribution in [2.24, 2.45) is 11.8 Å². The van der Waals surface area contributed by atoms with Crippen molar-refractivity contribution in [1.29, 1.82) is 0 Å². The van der Waals surface area contributed by atoms with E-state index in [-0.39, 0.29) is 10.9 Å². The first-order chi connectivity index (χ1) is 14.4. The third kappa shape index (κ3) is 6.43. The molecule has 3 rings (SSSR count). The average molecular weight is 434 g/mol. The molecular formula is C21H30ClN6O2-. The SMILES string of the molecule is CN(C)CC1CCC(CNc2nc(NCc3ccccc3Cl)ncc2N([O-])O)CC1. The molecule has 1 aromatic carbocycles. The number of nitrogens with zero attached hydrogens (tertiary/aromatic N) is 4.